The lowest BCUT2D eigenvalue weighted by atomic mass is 10.00. The molecule has 2 aromatic rings. The minimum atomic E-state index is -4.06. The van der Waals surface area contributed by atoms with Gasteiger partial charge in [-0.1, -0.05) is 0 Å². The molecule has 0 spiro atoms. The number of carbonyl (C=O) groups excluding carboxylic acids is 2. The van der Waals surface area contributed by atoms with E-state index in [9.17, 15) is 22.4 Å². The Morgan fingerprint density at radius 1 is 1.17 bits per heavy atom. The zero-order chi connectivity index (χ0) is 21.9. The standard InChI is InChI=1S/C20H22FN3O5S/c1-13(24-11-3-4-14-12-15(21)5-10-18(14)24)19(25)22-16-6-8-17(9-7-16)30(27,28)23-20(26)29-2/h5-10,12-13H,3-4,11H2,1-2H3,(H,22,25)(H,23,26)/t13-/m1/s1. The van der Waals surface area contributed by atoms with Gasteiger partial charge in [-0.3, -0.25) is 4.79 Å². The van der Waals surface area contributed by atoms with Gasteiger partial charge < -0.3 is 15.0 Å². The largest absolute Gasteiger partial charge is 0.452 e. The Bertz CT molecular complexity index is 1060. The van der Waals surface area contributed by atoms with E-state index < -0.39 is 22.2 Å². The number of nitrogens with zero attached hydrogens (tertiary/aromatic N) is 1. The van der Waals surface area contributed by atoms with E-state index in [0.717, 1.165) is 31.2 Å². The lowest BCUT2D eigenvalue weighted by Gasteiger charge is -2.35. The Hall–Kier alpha value is -3.14. The van der Waals surface area contributed by atoms with E-state index in [1.54, 1.807) is 17.7 Å². The summed E-state index contributed by atoms with van der Waals surface area (Å²) in [6.45, 7) is 2.43. The van der Waals surface area contributed by atoms with Crippen molar-refractivity contribution >= 4 is 33.4 Å². The predicted octanol–water partition coefficient (Wildman–Crippen LogP) is 2.65. The van der Waals surface area contributed by atoms with Gasteiger partial charge in [0.1, 0.15) is 11.9 Å². The topological polar surface area (TPSA) is 105 Å². The molecule has 3 rings (SSSR count). The van der Waals surface area contributed by atoms with Gasteiger partial charge in [-0.2, -0.15) is 0 Å². The molecule has 0 aliphatic carbocycles. The van der Waals surface area contributed by atoms with E-state index >= 15 is 0 Å². The third kappa shape index (κ3) is 4.70. The van der Waals surface area contributed by atoms with E-state index in [4.69, 9.17) is 0 Å². The van der Waals surface area contributed by atoms with Crippen LogP contribution in [-0.4, -0.2) is 40.1 Å². The number of benzene rings is 2. The van der Waals surface area contributed by atoms with Gasteiger partial charge in [0.05, 0.1) is 12.0 Å². The normalized spacial score (nSPS) is 14.4. The number of nitrogens with one attached hydrogen (secondary N) is 2. The van der Waals surface area contributed by atoms with E-state index in [0.29, 0.717) is 12.2 Å². The first-order valence-electron chi connectivity index (χ1n) is 9.28. The number of aryl methyl sites for hydroxylation is 1. The molecule has 1 heterocycles. The van der Waals surface area contributed by atoms with Crippen molar-refractivity contribution in [3.63, 3.8) is 0 Å². The number of rotatable bonds is 5. The first kappa shape index (κ1) is 21.6. The average molecular weight is 435 g/mol. The summed E-state index contributed by atoms with van der Waals surface area (Å²) in [7, 11) is -3.01. The van der Waals surface area contributed by atoms with Crippen LogP contribution in [0.1, 0.15) is 18.9 Å². The lowest BCUT2D eigenvalue weighted by molar-refractivity contribution is -0.117. The van der Waals surface area contributed by atoms with Crippen molar-refractivity contribution in [1.29, 1.82) is 0 Å². The summed E-state index contributed by atoms with van der Waals surface area (Å²) in [6.07, 6.45) is 0.476. The van der Waals surface area contributed by atoms with Gasteiger partial charge >= 0.3 is 6.09 Å². The molecule has 10 heteroatoms. The Morgan fingerprint density at radius 3 is 2.53 bits per heavy atom. The first-order chi connectivity index (χ1) is 14.2. The third-order valence-corrected chi connectivity index (χ3v) is 6.21. The summed E-state index contributed by atoms with van der Waals surface area (Å²) in [5.74, 6) is -0.583. The molecule has 2 aromatic carbocycles. The molecule has 0 aromatic heterocycles. The molecule has 0 radical (unpaired) electrons. The highest BCUT2D eigenvalue weighted by atomic mass is 32.2. The fraction of sp³-hybridized carbons (Fsp3) is 0.300. The molecular weight excluding hydrogens is 413 g/mol. The van der Waals surface area contributed by atoms with Crippen molar-refractivity contribution in [3.8, 4) is 0 Å². The molecule has 0 unspecified atom stereocenters. The number of hydrogen-bond donors (Lipinski definition) is 2. The number of fused-ring (bicyclic) bond motifs is 1. The number of methoxy groups -OCH3 is 1. The maximum atomic E-state index is 13.5. The maximum absolute atomic E-state index is 13.5. The van der Waals surface area contributed by atoms with Crippen molar-refractivity contribution < 1.29 is 27.1 Å². The highest BCUT2D eigenvalue weighted by Gasteiger charge is 2.26. The van der Waals surface area contributed by atoms with Gasteiger partial charge in [-0.15, -0.1) is 0 Å². The molecule has 0 saturated heterocycles. The molecule has 1 atom stereocenters. The summed E-state index contributed by atoms with van der Waals surface area (Å²) < 4.78 is 43.7. The zero-order valence-electron chi connectivity index (χ0n) is 16.5. The maximum Gasteiger partial charge on any atom is 0.420 e. The summed E-state index contributed by atoms with van der Waals surface area (Å²) in [5, 5.41) is 2.75. The summed E-state index contributed by atoms with van der Waals surface area (Å²) in [6, 6.07) is 9.43. The van der Waals surface area contributed by atoms with Crippen molar-refractivity contribution in [2.24, 2.45) is 0 Å². The molecule has 1 aliphatic heterocycles. The lowest BCUT2D eigenvalue weighted by Crippen LogP contribution is -2.44. The smallest absolute Gasteiger partial charge is 0.420 e. The number of hydrogen-bond acceptors (Lipinski definition) is 6. The van der Waals surface area contributed by atoms with Gasteiger partial charge in [-0.05, 0) is 67.8 Å². The van der Waals surface area contributed by atoms with Crippen LogP contribution in [0.2, 0.25) is 0 Å². The predicted molar refractivity (Wildman–Crippen MR) is 109 cm³/mol. The Kier molecular flexibility index (Phi) is 6.25. The minimum Gasteiger partial charge on any atom is -0.452 e. The molecule has 0 bridgehead atoms. The molecule has 0 fully saturated rings. The van der Waals surface area contributed by atoms with Gasteiger partial charge in [0, 0.05) is 17.9 Å². The molecule has 2 amide bonds. The van der Waals surface area contributed by atoms with Crippen LogP contribution in [0.15, 0.2) is 47.4 Å². The van der Waals surface area contributed by atoms with Crippen LogP contribution in [0.4, 0.5) is 20.6 Å². The van der Waals surface area contributed by atoms with Crippen molar-refractivity contribution in [2.45, 2.75) is 30.7 Å². The highest BCUT2D eigenvalue weighted by Crippen LogP contribution is 2.29. The van der Waals surface area contributed by atoms with E-state index in [1.165, 1.54) is 36.4 Å². The number of anilines is 2. The van der Waals surface area contributed by atoms with Gasteiger partial charge in [-0.25, -0.2) is 22.3 Å². The molecule has 2 N–H and O–H groups in total. The SMILES string of the molecule is COC(=O)NS(=O)(=O)c1ccc(NC(=O)[C@@H](C)N2CCCc3cc(F)ccc32)cc1. The number of halogens is 1. The van der Waals surface area contributed by atoms with E-state index in [2.05, 4.69) is 10.1 Å². The quantitative estimate of drug-likeness (QED) is 0.748. The third-order valence-electron chi connectivity index (χ3n) is 4.88. The molecule has 8 nitrogen and oxygen atoms in total. The zero-order valence-corrected chi connectivity index (χ0v) is 17.3. The number of amides is 2. The second kappa shape index (κ2) is 8.70. The first-order valence-corrected chi connectivity index (χ1v) is 10.8. The highest BCUT2D eigenvalue weighted by molar-refractivity contribution is 7.90. The van der Waals surface area contributed by atoms with Crippen LogP contribution in [-0.2, 0) is 26.0 Å². The van der Waals surface area contributed by atoms with Gasteiger partial charge in [0.25, 0.3) is 10.0 Å². The van der Waals surface area contributed by atoms with Crippen LogP contribution < -0.4 is 14.9 Å². The summed E-state index contributed by atoms with van der Waals surface area (Å²) in [4.78, 5) is 25.7. The van der Waals surface area contributed by atoms with Crippen LogP contribution in [0, 0.1) is 5.82 Å². The molecule has 30 heavy (non-hydrogen) atoms. The van der Waals surface area contributed by atoms with Crippen molar-refractivity contribution in [3.05, 3.63) is 53.8 Å². The molecule has 1 aliphatic rings. The second-order valence-electron chi connectivity index (χ2n) is 6.86. The fourth-order valence-electron chi connectivity index (χ4n) is 3.31. The monoisotopic (exact) mass is 435 g/mol. The second-order valence-corrected chi connectivity index (χ2v) is 8.54. The number of ether oxygens (including phenoxy) is 1. The minimum absolute atomic E-state index is 0.147. The summed E-state index contributed by atoms with van der Waals surface area (Å²) in [5.41, 5.74) is 2.11. The van der Waals surface area contributed by atoms with Crippen LogP contribution in [0.3, 0.4) is 0 Å². The molecular formula is C20H22FN3O5S. The number of sulfonamides is 1. The van der Waals surface area contributed by atoms with E-state index in [-0.39, 0.29) is 16.6 Å². The van der Waals surface area contributed by atoms with Crippen LogP contribution >= 0.6 is 0 Å². The Labute approximate surface area is 174 Å². The summed E-state index contributed by atoms with van der Waals surface area (Å²) >= 11 is 0. The van der Waals surface area contributed by atoms with E-state index in [1.807, 2.05) is 4.90 Å². The van der Waals surface area contributed by atoms with Crippen molar-refractivity contribution in [2.75, 3.05) is 23.9 Å². The number of carbonyl (C=O) groups is 2. The average Bonchev–Trinajstić information content (AvgIpc) is 2.72. The van der Waals surface area contributed by atoms with Crippen molar-refractivity contribution in [1.82, 2.24) is 4.72 Å². The molecule has 160 valence electrons. The molecule has 0 saturated carbocycles. The van der Waals surface area contributed by atoms with Crippen LogP contribution in [0.25, 0.3) is 0 Å². The van der Waals surface area contributed by atoms with Gasteiger partial charge in [0.2, 0.25) is 5.91 Å². The fourth-order valence-corrected chi connectivity index (χ4v) is 4.23. The Balaban J connectivity index is 1.70. The van der Waals surface area contributed by atoms with Crippen LogP contribution in [0.5, 0.6) is 0 Å². The van der Waals surface area contributed by atoms with Gasteiger partial charge in [0.15, 0.2) is 0 Å². The Morgan fingerprint density at radius 2 is 1.87 bits per heavy atom.